The number of methoxy groups -OCH3 is 1. The molecule has 37 heavy (non-hydrogen) atoms. The third-order valence-corrected chi connectivity index (χ3v) is 7.04. The van der Waals surface area contributed by atoms with E-state index in [1.165, 1.54) is 4.90 Å². The molecule has 1 saturated heterocycles. The average molecular weight is 502 g/mol. The van der Waals surface area contributed by atoms with Gasteiger partial charge in [0.05, 0.1) is 19.8 Å². The molecule has 0 saturated carbocycles. The van der Waals surface area contributed by atoms with Crippen LogP contribution in [0.25, 0.3) is 0 Å². The zero-order chi connectivity index (χ0) is 26.3. The molecule has 0 radical (unpaired) electrons. The van der Waals surface area contributed by atoms with E-state index in [0.717, 1.165) is 11.1 Å². The van der Waals surface area contributed by atoms with Gasteiger partial charge in [-0.15, -0.1) is 0 Å². The summed E-state index contributed by atoms with van der Waals surface area (Å²) in [5.41, 5.74) is 2.68. The molecule has 0 aromatic heterocycles. The van der Waals surface area contributed by atoms with Crippen LogP contribution in [0.2, 0.25) is 0 Å². The number of amides is 3. The number of para-hydroxylation sites is 1. The molecule has 3 atom stereocenters. The van der Waals surface area contributed by atoms with Gasteiger partial charge in [-0.3, -0.25) is 9.69 Å². The summed E-state index contributed by atoms with van der Waals surface area (Å²) in [7, 11) is 1.57. The van der Waals surface area contributed by atoms with E-state index in [4.69, 9.17) is 14.2 Å². The van der Waals surface area contributed by atoms with Crippen molar-refractivity contribution in [2.45, 2.75) is 39.5 Å². The van der Waals surface area contributed by atoms with E-state index in [9.17, 15) is 9.59 Å². The number of hydrogen-bond donors (Lipinski definition) is 2. The first-order valence-electron chi connectivity index (χ1n) is 12.3. The Kier molecular flexibility index (Phi) is 6.19. The summed E-state index contributed by atoms with van der Waals surface area (Å²) in [5, 5.41) is 6.15. The van der Waals surface area contributed by atoms with E-state index in [1.54, 1.807) is 44.4 Å². The van der Waals surface area contributed by atoms with Crippen LogP contribution in [0.5, 0.6) is 17.2 Å². The fourth-order valence-corrected chi connectivity index (χ4v) is 5.34. The summed E-state index contributed by atoms with van der Waals surface area (Å²) in [6.07, 6.45) is 0. The van der Waals surface area contributed by atoms with Crippen LogP contribution in [0.4, 0.5) is 16.2 Å². The van der Waals surface area contributed by atoms with Gasteiger partial charge < -0.3 is 24.8 Å². The van der Waals surface area contributed by atoms with Crippen LogP contribution < -0.4 is 29.7 Å². The number of rotatable bonds is 6. The number of nitrogens with one attached hydrogen (secondary N) is 2. The van der Waals surface area contributed by atoms with Gasteiger partial charge in [-0.2, -0.15) is 0 Å². The number of nitrogens with zero attached hydrogens (tertiary/aromatic N) is 1. The molecule has 3 aromatic carbocycles. The van der Waals surface area contributed by atoms with Gasteiger partial charge in [-0.05, 0) is 69.7 Å². The zero-order valence-corrected chi connectivity index (χ0v) is 21.6. The van der Waals surface area contributed by atoms with E-state index in [0.29, 0.717) is 40.8 Å². The maximum Gasteiger partial charge on any atom is 0.325 e. The van der Waals surface area contributed by atoms with Gasteiger partial charge >= 0.3 is 6.03 Å². The van der Waals surface area contributed by atoms with Crippen molar-refractivity contribution in [1.82, 2.24) is 5.32 Å². The van der Waals surface area contributed by atoms with Crippen molar-refractivity contribution in [3.8, 4) is 17.2 Å². The highest BCUT2D eigenvalue weighted by Gasteiger charge is 2.60. The molecule has 3 amide bonds. The molecule has 0 unspecified atom stereocenters. The van der Waals surface area contributed by atoms with Crippen molar-refractivity contribution < 1.29 is 23.8 Å². The predicted octanol–water partition coefficient (Wildman–Crippen LogP) is 5.35. The molecule has 2 bridgehead atoms. The molecular weight excluding hydrogens is 470 g/mol. The van der Waals surface area contributed by atoms with Crippen LogP contribution in [0.1, 0.15) is 36.6 Å². The Morgan fingerprint density at radius 1 is 1.14 bits per heavy atom. The lowest BCUT2D eigenvalue weighted by atomic mass is 9.78. The SMILES string of the molecule is CCOc1ccc(N2C(=O)N[C@H]3c4cccc(OC)c4O[C@]2(C)[C@@H]3C(=O)Nc2ccc(C)cc2C)cc1. The van der Waals surface area contributed by atoms with E-state index in [-0.39, 0.29) is 11.9 Å². The lowest BCUT2D eigenvalue weighted by Crippen LogP contribution is -2.72. The first kappa shape index (κ1) is 24.5. The standard InChI is InChI=1S/C29H31N3O5/c1-6-36-20-13-11-19(12-14-20)32-28(34)31-25-21-8-7-9-23(35-5)26(21)37-29(32,4)24(25)27(33)30-22-15-10-17(2)16-18(22)3/h7-16,24-25H,6H2,1-5H3,(H,30,33)(H,31,34)/t24-,25-,29+/m0/s1. The number of carbonyl (C=O) groups excluding carboxylic acids is 2. The Morgan fingerprint density at radius 3 is 2.57 bits per heavy atom. The molecule has 8 nitrogen and oxygen atoms in total. The monoisotopic (exact) mass is 501 g/mol. The van der Waals surface area contributed by atoms with Crippen LogP contribution in [0, 0.1) is 19.8 Å². The Balaban J connectivity index is 1.61. The van der Waals surface area contributed by atoms with E-state index >= 15 is 0 Å². The van der Waals surface area contributed by atoms with Gasteiger partial charge in [0.15, 0.2) is 11.5 Å². The van der Waals surface area contributed by atoms with Crippen molar-refractivity contribution >= 4 is 23.3 Å². The highest BCUT2D eigenvalue weighted by Crippen LogP contribution is 2.52. The minimum atomic E-state index is -1.36. The second-order valence-electron chi connectivity index (χ2n) is 9.51. The molecule has 192 valence electrons. The molecule has 0 spiro atoms. The van der Waals surface area contributed by atoms with Crippen LogP contribution in [-0.4, -0.2) is 31.4 Å². The molecule has 8 heteroatoms. The molecule has 2 aliphatic rings. The lowest BCUT2D eigenvalue weighted by molar-refractivity contribution is -0.131. The number of hydrogen-bond acceptors (Lipinski definition) is 5. The number of benzene rings is 3. The third-order valence-electron chi connectivity index (χ3n) is 7.04. The normalized spacial score (nSPS) is 21.9. The van der Waals surface area contributed by atoms with Gasteiger partial charge in [0.2, 0.25) is 11.6 Å². The Labute approximate surface area is 216 Å². The predicted molar refractivity (Wildman–Crippen MR) is 141 cm³/mol. The topological polar surface area (TPSA) is 89.1 Å². The number of urea groups is 1. The Hall–Kier alpha value is -4.20. The largest absolute Gasteiger partial charge is 0.494 e. The molecule has 0 aliphatic carbocycles. The number of aryl methyl sites for hydroxylation is 2. The quantitative estimate of drug-likeness (QED) is 0.476. The average Bonchev–Trinajstić information content (AvgIpc) is 2.86. The van der Waals surface area contributed by atoms with Gasteiger partial charge in [-0.25, -0.2) is 4.79 Å². The maximum absolute atomic E-state index is 14.0. The summed E-state index contributed by atoms with van der Waals surface area (Å²) < 4.78 is 17.7. The van der Waals surface area contributed by atoms with Gasteiger partial charge in [-0.1, -0.05) is 29.8 Å². The second kappa shape index (κ2) is 9.35. The molecule has 2 aliphatic heterocycles. The smallest absolute Gasteiger partial charge is 0.325 e. The Bertz CT molecular complexity index is 1360. The summed E-state index contributed by atoms with van der Waals surface area (Å²) >= 11 is 0. The van der Waals surface area contributed by atoms with Gasteiger partial charge in [0, 0.05) is 16.9 Å². The third kappa shape index (κ3) is 4.12. The highest BCUT2D eigenvalue weighted by molar-refractivity contribution is 6.01. The molecule has 3 aromatic rings. The number of fused-ring (bicyclic) bond motifs is 4. The fourth-order valence-electron chi connectivity index (χ4n) is 5.34. The summed E-state index contributed by atoms with van der Waals surface area (Å²) in [6.45, 7) is 8.18. The first-order valence-corrected chi connectivity index (χ1v) is 12.3. The van der Waals surface area contributed by atoms with Crippen molar-refractivity contribution in [1.29, 1.82) is 0 Å². The molecule has 2 heterocycles. The highest BCUT2D eigenvalue weighted by atomic mass is 16.5. The minimum Gasteiger partial charge on any atom is -0.494 e. The van der Waals surface area contributed by atoms with Crippen molar-refractivity contribution in [2.24, 2.45) is 5.92 Å². The van der Waals surface area contributed by atoms with E-state index in [1.807, 2.05) is 51.1 Å². The lowest BCUT2D eigenvalue weighted by Gasteiger charge is -2.54. The van der Waals surface area contributed by atoms with Crippen molar-refractivity contribution in [3.63, 3.8) is 0 Å². The van der Waals surface area contributed by atoms with E-state index < -0.39 is 17.7 Å². The first-order chi connectivity index (χ1) is 17.8. The molecule has 2 N–H and O–H groups in total. The van der Waals surface area contributed by atoms with Crippen LogP contribution in [0.3, 0.4) is 0 Å². The summed E-state index contributed by atoms with van der Waals surface area (Å²) in [5.74, 6) is 0.683. The van der Waals surface area contributed by atoms with Gasteiger partial charge in [0.1, 0.15) is 11.7 Å². The van der Waals surface area contributed by atoms with Gasteiger partial charge in [0.25, 0.3) is 0 Å². The second-order valence-corrected chi connectivity index (χ2v) is 9.51. The zero-order valence-electron chi connectivity index (χ0n) is 21.6. The van der Waals surface area contributed by atoms with Crippen molar-refractivity contribution in [3.05, 3.63) is 77.4 Å². The van der Waals surface area contributed by atoms with Crippen LogP contribution >= 0.6 is 0 Å². The molecular formula is C29H31N3O5. The number of carbonyl (C=O) groups is 2. The maximum atomic E-state index is 14.0. The minimum absolute atomic E-state index is 0.260. The number of anilines is 2. The fraction of sp³-hybridized carbons (Fsp3) is 0.310. The van der Waals surface area contributed by atoms with Crippen LogP contribution in [0.15, 0.2) is 60.7 Å². The van der Waals surface area contributed by atoms with E-state index in [2.05, 4.69) is 10.6 Å². The number of ether oxygens (including phenoxy) is 3. The summed E-state index contributed by atoms with van der Waals surface area (Å²) in [4.78, 5) is 29.0. The molecule has 1 fully saturated rings. The Morgan fingerprint density at radius 2 is 1.89 bits per heavy atom. The van der Waals surface area contributed by atoms with Crippen LogP contribution in [-0.2, 0) is 4.79 Å². The molecule has 5 rings (SSSR count). The summed E-state index contributed by atoms with van der Waals surface area (Å²) in [6, 6.07) is 17.5. The van der Waals surface area contributed by atoms with Crippen molar-refractivity contribution in [2.75, 3.05) is 23.9 Å².